The first-order chi connectivity index (χ1) is 17.6. The number of benzene rings is 1. The van der Waals surface area contributed by atoms with Gasteiger partial charge < -0.3 is 15.4 Å². The maximum Gasteiger partial charge on any atom is 0.324 e. The van der Waals surface area contributed by atoms with Crippen LogP contribution in [0.3, 0.4) is 0 Å². The van der Waals surface area contributed by atoms with Crippen molar-refractivity contribution in [3.05, 3.63) is 84.1 Å². The standard InChI is InChI=1S/C27H29N7O3/c1-17-6-9-19(16-30-17)34-24(15-23(33-34)27(2,3)4)32-26(36)31-18-7-10-20(11-8-18)37-21-12-13-29-22(14-21)25(35)28-5/h6-16H,1-5H3,(H,28,35)(H2,31,32,36). The van der Waals surface area contributed by atoms with Gasteiger partial charge in [-0.15, -0.1) is 0 Å². The molecule has 4 rings (SSSR count). The number of carbonyl (C=O) groups excluding carboxylic acids is 2. The summed E-state index contributed by atoms with van der Waals surface area (Å²) in [6, 6.07) is 15.3. The van der Waals surface area contributed by atoms with Gasteiger partial charge in [0, 0.05) is 42.2 Å². The lowest BCUT2D eigenvalue weighted by Gasteiger charge is -2.14. The van der Waals surface area contributed by atoms with Crippen molar-refractivity contribution in [2.45, 2.75) is 33.1 Å². The predicted molar refractivity (Wildman–Crippen MR) is 142 cm³/mol. The highest BCUT2D eigenvalue weighted by molar-refractivity contribution is 5.99. The molecule has 0 radical (unpaired) electrons. The first-order valence-corrected chi connectivity index (χ1v) is 11.7. The van der Waals surface area contributed by atoms with E-state index in [1.807, 2.05) is 25.1 Å². The van der Waals surface area contributed by atoms with Gasteiger partial charge >= 0.3 is 6.03 Å². The maximum atomic E-state index is 12.8. The zero-order valence-electron chi connectivity index (χ0n) is 21.4. The second kappa shape index (κ2) is 10.5. The van der Waals surface area contributed by atoms with E-state index in [1.54, 1.807) is 47.3 Å². The van der Waals surface area contributed by atoms with E-state index in [2.05, 4.69) is 46.7 Å². The summed E-state index contributed by atoms with van der Waals surface area (Å²) in [6.07, 6.45) is 3.22. The highest BCUT2D eigenvalue weighted by Gasteiger charge is 2.21. The van der Waals surface area contributed by atoms with Gasteiger partial charge in [-0.3, -0.25) is 20.1 Å². The van der Waals surface area contributed by atoms with Gasteiger partial charge in [0.2, 0.25) is 0 Å². The molecule has 3 heterocycles. The molecule has 3 amide bonds. The molecule has 0 aliphatic carbocycles. The molecular formula is C27H29N7O3. The number of rotatable bonds is 6. The Morgan fingerprint density at radius 3 is 2.32 bits per heavy atom. The van der Waals surface area contributed by atoms with Crippen LogP contribution >= 0.6 is 0 Å². The van der Waals surface area contributed by atoms with E-state index in [0.29, 0.717) is 23.0 Å². The third-order valence-corrected chi connectivity index (χ3v) is 5.40. The van der Waals surface area contributed by atoms with Crippen LogP contribution in [0.5, 0.6) is 11.5 Å². The van der Waals surface area contributed by atoms with E-state index in [1.165, 1.54) is 13.2 Å². The third kappa shape index (κ3) is 6.29. The molecule has 4 aromatic rings. The topological polar surface area (TPSA) is 123 Å². The first-order valence-electron chi connectivity index (χ1n) is 11.7. The lowest BCUT2D eigenvalue weighted by atomic mass is 9.92. The number of ether oxygens (including phenoxy) is 1. The molecule has 0 spiro atoms. The van der Waals surface area contributed by atoms with Gasteiger partial charge in [0.1, 0.15) is 23.0 Å². The molecule has 10 nitrogen and oxygen atoms in total. The van der Waals surface area contributed by atoms with Crippen LogP contribution in [0.2, 0.25) is 0 Å². The van der Waals surface area contributed by atoms with Crippen LogP contribution in [0.1, 0.15) is 42.6 Å². The predicted octanol–water partition coefficient (Wildman–Crippen LogP) is 5.06. The van der Waals surface area contributed by atoms with Crippen molar-refractivity contribution in [1.82, 2.24) is 25.1 Å². The van der Waals surface area contributed by atoms with Gasteiger partial charge in [0.25, 0.3) is 5.91 Å². The number of aryl methyl sites for hydroxylation is 1. The number of nitrogens with one attached hydrogen (secondary N) is 3. The van der Waals surface area contributed by atoms with Gasteiger partial charge in [0.15, 0.2) is 0 Å². The maximum absolute atomic E-state index is 12.8. The van der Waals surface area contributed by atoms with E-state index < -0.39 is 6.03 Å². The fourth-order valence-electron chi connectivity index (χ4n) is 3.37. The number of hydrogen-bond acceptors (Lipinski definition) is 6. The molecule has 0 unspecified atom stereocenters. The van der Waals surface area contributed by atoms with Crippen molar-refractivity contribution >= 4 is 23.4 Å². The van der Waals surface area contributed by atoms with E-state index in [0.717, 1.165) is 17.1 Å². The Labute approximate surface area is 215 Å². The Morgan fingerprint density at radius 2 is 1.68 bits per heavy atom. The number of urea groups is 1. The molecule has 0 saturated heterocycles. The monoisotopic (exact) mass is 499 g/mol. The largest absolute Gasteiger partial charge is 0.457 e. The van der Waals surface area contributed by atoms with E-state index in [9.17, 15) is 9.59 Å². The van der Waals surface area contributed by atoms with Crippen LogP contribution in [0.15, 0.2) is 67.0 Å². The third-order valence-electron chi connectivity index (χ3n) is 5.40. The molecule has 0 fully saturated rings. The van der Waals surface area contributed by atoms with E-state index in [4.69, 9.17) is 9.84 Å². The highest BCUT2D eigenvalue weighted by Crippen LogP contribution is 2.27. The van der Waals surface area contributed by atoms with Gasteiger partial charge in [0.05, 0.1) is 17.6 Å². The number of pyridine rings is 2. The summed E-state index contributed by atoms with van der Waals surface area (Å²) in [5.74, 6) is 1.24. The lowest BCUT2D eigenvalue weighted by Crippen LogP contribution is -2.21. The molecule has 190 valence electrons. The Balaban J connectivity index is 1.46. The number of carbonyl (C=O) groups is 2. The zero-order chi connectivity index (χ0) is 26.6. The Bertz CT molecular complexity index is 1410. The normalized spacial score (nSPS) is 11.1. The average molecular weight is 500 g/mol. The Hall–Kier alpha value is -4.73. The first kappa shape index (κ1) is 25.4. The molecule has 0 atom stereocenters. The average Bonchev–Trinajstić information content (AvgIpc) is 3.29. The van der Waals surface area contributed by atoms with Crippen molar-refractivity contribution in [2.24, 2.45) is 0 Å². The smallest absolute Gasteiger partial charge is 0.324 e. The Kier molecular flexibility index (Phi) is 7.19. The molecule has 0 saturated carbocycles. The van der Waals surface area contributed by atoms with Crippen LogP contribution in [-0.4, -0.2) is 38.7 Å². The molecule has 0 bridgehead atoms. The minimum absolute atomic E-state index is 0.206. The molecule has 0 aliphatic heterocycles. The molecule has 3 N–H and O–H groups in total. The van der Waals surface area contributed by atoms with Gasteiger partial charge in [-0.1, -0.05) is 20.8 Å². The number of hydrogen-bond donors (Lipinski definition) is 3. The number of amides is 3. The van der Waals surface area contributed by atoms with E-state index >= 15 is 0 Å². The van der Waals surface area contributed by atoms with Crippen molar-refractivity contribution < 1.29 is 14.3 Å². The second-order valence-electron chi connectivity index (χ2n) is 9.40. The quantitative estimate of drug-likeness (QED) is 0.341. The zero-order valence-corrected chi connectivity index (χ0v) is 21.4. The summed E-state index contributed by atoms with van der Waals surface area (Å²) < 4.78 is 7.48. The van der Waals surface area contributed by atoms with Crippen molar-refractivity contribution in [1.29, 1.82) is 0 Å². The molecular weight excluding hydrogens is 470 g/mol. The van der Waals surface area contributed by atoms with Gasteiger partial charge in [-0.05, 0) is 49.4 Å². The molecule has 1 aromatic carbocycles. The summed E-state index contributed by atoms with van der Waals surface area (Å²) in [5, 5.41) is 12.9. The summed E-state index contributed by atoms with van der Waals surface area (Å²) in [4.78, 5) is 33.0. The van der Waals surface area contributed by atoms with Crippen LogP contribution in [0.25, 0.3) is 5.69 Å². The van der Waals surface area contributed by atoms with Crippen LogP contribution < -0.4 is 20.7 Å². The SMILES string of the molecule is CNC(=O)c1cc(Oc2ccc(NC(=O)Nc3cc(C(C)(C)C)nn3-c3ccc(C)nc3)cc2)ccn1. The summed E-state index contributed by atoms with van der Waals surface area (Å²) in [7, 11) is 1.54. The summed E-state index contributed by atoms with van der Waals surface area (Å²) in [5.41, 5.74) is 3.09. The van der Waals surface area contributed by atoms with Gasteiger partial charge in [-0.2, -0.15) is 5.10 Å². The van der Waals surface area contributed by atoms with E-state index in [-0.39, 0.29) is 17.0 Å². The minimum atomic E-state index is -0.417. The fourth-order valence-corrected chi connectivity index (χ4v) is 3.37. The Morgan fingerprint density at radius 1 is 0.919 bits per heavy atom. The molecule has 37 heavy (non-hydrogen) atoms. The van der Waals surface area contributed by atoms with Crippen LogP contribution in [-0.2, 0) is 5.41 Å². The minimum Gasteiger partial charge on any atom is -0.457 e. The number of nitrogens with zero attached hydrogens (tertiary/aromatic N) is 4. The van der Waals surface area contributed by atoms with Crippen LogP contribution in [0.4, 0.5) is 16.3 Å². The number of aromatic nitrogens is 4. The van der Waals surface area contributed by atoms with Crippen molar-refractivity contribution in [3.63, 3.8) is 0 Å². The van der Waals surface area contributed by atoms with Crippen molar-refractivity contribution in [3.8, 4) is 17.2 Å². The molecule has 10 heteroatoms. The molecule has 0 aliphatic rings. The lowest BCUT2D eigenvalue weighted by molar-refractivity contribution is 0.0958. The second-order valence-corrected chi connectivity index (χ2v) is 9.40. The summed E-state index contributed by atoms with van der Waals surface area (Å²) >= 11 is 0. The summed E-state index contributed by atoms with van der Waals surface area (Å²) in [6.45, 7) is 8.10. The number of anilines is 2. The van der Waals surface area contributed by atoms with Gasteiger partial charge in [-0.25, -0.2) is 9.48 Å². The highest BCUT2D eigenvalue weighted by atomic mass is 16.5. The molecule has 3 aromatic heterocycles. The fraction of sp³-hybridized carbons (Fsp3) is 0.222. The van der Waals surface area contributed by atoms with Crippen molar-refractivity contribution in [2.75, 3.05) is 17.7 Å². The van der Waals surface area contributed by atoms with Crippen LogP contribution in [0, 0.1) is 6.92 Å².